The highest BCUT2D eigenvalue weighted by Gasteiger charge is 2.22. The van der Waals surface area contributed by atoms with Crippen molar-refractivity contribution >= 4 is 38.5 Å². The van der Waals surface area contributed by atoms with Crippen LogP contribution in [0.5, 0.6) is 5.88 Å². The van der Waals surface area contributed by atoms with E-state index in [2.05, 4.69) is 19.7 Å². The van der Waals surface area contributed by atoms with Gasteiger partial charge in [-0.05, 0) is 12.1 Å². The summed E-state index contributed by atoms with van der Waals surface area (Å²) >= 11 is 5.68. The predicted octanol–water partition coefficient (Wildman–Crippen LogP) is 3.37. The third-order valence-electron chi connectivity index (χ3n) is 3.59. The first-order chi connectivity index (χ1) is 12.7. The number of aromatic nitrogens is 3. The molecule has 0 amide bonds. The summed E-state index contributed by atoms with van der Waals surface area (Å²) in [4.78, 5) is 9.94. The Morgan fingerprint density at radius 1 is 1.37 bits per heavy atom. The molecule has 0 aliphatic heterocycles. The van der Waals surface area contributed by atoms with Gasteiger partial charge in [0.05, 0.1) is 12.1 Å². The van der Waals surface area contributed by atoms with Crippen molar-refractivity contribution < 1.29 is 26.3 Å². The van der Waals surface area contributed by atoms with Crippen molar-refractivity contribution in [2.24, 2.45) is 0 Å². The summed E-state index contributed by atoms with van der Waals surface area (Å²) in [6.07, 6.45) is -1.08. The number of aromatic amines is 1. The number of ether oxygens (including phenoxy) is 1. The number of alkyl halides is 2. The van der Waals surface area contributed by atoms with E-state index in [9.17, 15) is 21.6 Å². The molecule has 0 saturated heterocycles. The Morgan fingerprint density at radius 2 is 2.11 bits per heavy atom. The lowest BCUT2D eigenvalue weighted by Gasteiger charge is -2.10. The molecule has 0 atom stereocenters. The highest BCUT2D eigenvalue weighted by atomic mass is 35.5. The first kappa shape index (κ1) is 19.2. The monoisotopic (exact) mass is 420 g/mol. The minimum atomic E-state index is -4.21. The minimum absolute atomic E-state index is 0.0271. The topological polar surface area (TPSA) is 97.0 Å². The van der Waals surface area contributed by atoms with Crippen molar-refractivity contribution in [2.75, 3.05) is 11.8 Å². The summed E-state index contributed by atoms with van der Waals surface area (Å²) in [7, 11) is -3.00. The van der Waals surface area contributed by atoms with E-state index in [4.69, 9.17) is 16.3 Å². The molecule has 0 fully saturated rings. The molecule has 144 valence electrons. The second-order valence-corrected chi connectivity index (χ2v) is 7.45. The lowest BCUT2D eigenvalue weighted by Crippen LogP contribution is -2.15. The predicted molar refractivity (Wildman–Crippen MR) is 92.4 cm³/mol. The second kappa shape index (κ2) is 7.24. The van der Waals surface area contributed by atoms with Crippen LogP contribution in [0.1, 0.15) is 5.56 Å². The zero-order valence-corrected chi connectivity index (χ0v) is 15.2. The molecule has 0 bridgehead atoms. The van der Waals surface area contributed by atoms with Crippen molar-refractivity contribution in [3.63, 3.8) is 0 Å². The molecule has 0 saturated carbocycles. The first-order valence-electron chi connectivity index (χ1n) is 7.38. The van der Waals surface area contributed by atoms with Crippen molar-refractivity contribution in [2.45, 2.75) is 17.7 Å². The normalized spacial score (nSPS) is 11.9. The van der Waals surface area contributed by atoms with E-state index in [1.807, 2.05) is 0 Å². The smallest absolute Gasteiger partial charge is 0.266 e. The van der Waals surface area contributed by atoms with Crippen LogP contribution in [0.2, 0.25) is 5.02 Å². The molecule has 2 aromatic heterocycles. The number of nitrogens with zero attached hydrogens (tertiary/aromatic N) is 2. The number of hydrogen-bond donors (Lipinski definition) is 2. The molecule has 2 heterocycles. The number of hydrogen-bond acceptors (Lipinski definition) is 5. The van der Waals surface area contributed by atoms with E-state index >= 15 is 0 Å². The van der Waals surface area contributed by atoms with E-state index in [1.165, 1.54) is 13.2 Å². The van der Waals surface area contributed by atoms with Crippen LogP contribution in [0, 0.1) is 5.82 Å². The van der Waals surface area contributed by atoms with Gasteiger partial charge in [-0.3, -0.25) is 0 Å². The number of sulfonamides is 1. The molecule has 12 heteroatoms. The van der Waals surface area contributed by atoms with E-state index < -0.39 is 28.7 Å². The Labute approximate surface area is 156 Å². The van der Waals surface area contributed by atoms with Gasteiger partial charge >= 0.3 is 0 Å². The molecule has 0 unspecified atom stereocenters. The Bertz CT molecular complexity index is 1110. The van der Waals surface area contributed by atoms with E-state index in [1.54, 1.807) is 0 Å². The third kappa shape index (κ3) is 3.93. The summed E-state index contributed by atoms with van der Waals surface area (Å²) in [5.74, 6) is -1.34. The third-order valence-corrected chi connectivity index (χ3v) is 5.25. The molecule has 3 aromatic rings. The molecule has 0 aliphatic rings. The number of methoxy groups -OCH3 is 1. The number of fused-ring (bicyclic) bond motifs is 1. The van der Waals surface area contributed by atoms with Gasteiger partial charge in [0.2, 0.25) is 18.3 Å². The Balaban J connectivity index is 1.96. The zero-order valence-electron chi connectivity index (χ0n) is 13.6. The fourth-order valence-corrected chi connectivity index (χ4v) is 3.70. The standard InChI is InChI=1S/C15H12ClF3N4O3S/c1-26-14-7(2-13(18)19)5-21-15(22-14)23-27(24,25)12-6-20-11-4-9(16)10(17)3-8(11)12/h3-6,13,20H,2H2,1H3,(H,21,22,23). The van der Waals surface area contributed by atoms with Crippen LogP contribution in [0.15, 0.2) is 29.4 Å². The summed E-state index contributed by atoms with van der Waals surface area (Å²) in [5.41, 5.74) is 0.340. The maximum absolute atomic E-state index is 13.7. The van der Waals surface area contributed by atoms with Gasteiger partial charge in [0, 0.05) is 35.3 Å². The SMILES string of the molecule is COc1nc(NS(=O)(=O)c2c[nH]c3cc(Cl)c(F)cc23)ncc1CC(F)F. The molecule has 0 spiro atoms. The van der Waals surface area contributed by atoms with E-state index in [-0.39, 0.29) is 32.7 Å². The van der Waals surface area contributed by atoms with Crippen LogP contribution in [0.4, 0.5) is 19.1 Å². The lowest BCUT2D eigenvalue weighted by molar-refractivity contribution is 0.147. The van der Waals surface area contributed by atoms with Gasteiger partial charge < -0.3 is 9.72 Å². The number of rotatable bonds is 6. The molecule has 27 heavy (non-hydrogen) atoms. The Kier molecular flexibility index (Phi) is 5.16. The largest absolute Gasteiger partial charge is 0.481 e. The van der Waals surface area contributed by atoms with Gasteiger partial charge in [0.1, 0.15) is 10.7 Å². The van der Waals surface area contributed by atoms with Crippen molar-refractivity contribution in [1.82, 2.24) is 15.0 Å². The Morgan fingerprint density at radius 3 is 2.78 bits per heavy atom. The zero-order chi connectivity index (χ0) is 19.8. The van der Waals surface area contributed by atoms with Crippen molar-refractivity contribution in [3.8, 4) is 5.88 Å². The van der Waals surface area contributed by atoms with Gasteiger partial charge in [0.25, 0.3) is 10.0 Å². The minimum Gasteiger partial charge on any atom is -0.481 e. The van der Waals surface area contributed by atoms with Crippen LogP contribution in [0.3, 0.4) is 0 Å². The average Bonchev–Trinajstić information content (AvgIpc) is 2.99. The van der Waals surface area contributed by atoms with Gasteiger partial charge in [-0.2, -0.15) is 4.98 Å². The molecule has 0 aliphatic carbocycles. The number of anilines is 1. The van der Waals surface area contributed by atoms with Gasteiger partial charge in [0.15, 0.2) is 0 Å². The van der Waals surface area contributed by atoms with Gasteiger partial charge in [-0.25, -0.2) is 31.3 Å². The fourth-order valence-electron chi connectivity index (χ4n) is 2.41. The van der Waals surface area contributed by atoms with Gasteiger partial charge in [-0.1, -0.05) is 11.6 Å². The van der Waals surface area contributed by atoms with Crippen LogP contribution < -0.4 is 9.46 Å². The van der Waals surface area contributed by atoms with Gasteiger partial charge in [-0.15, -0.1) is 0 Å². The van der Waals surface area contributed by atoms with Crippen molar-refractivity contribution in [1.29, 1.82) is 0 Å². The summed E-state index contributed by atoms with van der Waals surface area (Å²) in [5, 5.41) is -0.0883. The molecule has 1 aromatic carbocycles. The second-order valence-electron chi connectivity index (χ2n) is 5.39. The van der Waals surface area contributed by atoms with E-state index in [0.29, 0.717) is 5.52 Å². The average molecular weight is 421 g/mol. The summed E-state index contributed by atoms with van der Waals surface area (Å²) < 4.78 is 71.0. The highest BCUT2D eigenvalue weighted by molar-refractivity contribution is 7.93. The summed E-state index contributed by atoms with van der Waals surface area (Å²) in [6, 6.07) is 2.24. The lowest BCUT2D eigenvalue weighted by atomic mass is 10.2. The number of benzene rings is 1. The summed E-state index contributed by atoms with van der Waals surface area (Å²) in [6.45, 7) is 0. The number of halogens is 4. The molecule has 0 radical (unpaired) electrons. The van der Waals surface area contributed by atoms with E-state index in [0.717, 1.165) is 18.5 Å². The fraction of sp³-hybridized carbons (Fsp3) is 0.200. The highest BCUT2D eigenvalue weighted by Crippen LogP contribution is 2.29. The molecular formula is C15H12ClF3N4O3S. The maximum atomic E-state index is 13.7. The molecule has 3 rings (SSSR count). The number of nitrogens with one attached hydrogen (secondary N) is 2. The van der Waals surface area contributed by atoms with Crippen LogP contribution in [-0.2, 0) is 16.4 Å². The Hall–Kier alpha value is -2.53. The number of H-pyrrole nitrogens is 1. The quantitative estimate of drug-likeness (QED) is 0.637. The first-order valence-corrected chi connectivity index (χ1v) is 9.24. The van der Waals surface area contributed by atoms with Crippen LogP contribution in [0.25, 0.3) is 10.9 Å². The van der Waals surface area contributed by atoms with Crippen LogP contribution >= 0.6 is 11.6 Å². The van der Waals surface area contributed by atoms with Crippen molar-refractivity contribution in [3.05, 3.63) is 40.9 Å². The van der Waals surface area contributed by atoms with Crippen LogP contribution in [-0.4, -0.2) is 36.9 Å². The molecule has 2 N–H and O–H groups in total. The molecule has 7 nitrogen and oxygen atoms in total. The molecular weight excluding hydrogens is 409 g/mol. The maximum Gasteiger partial charge on any atom is 0.266 e.